The minimum absolute atomic E-state index is 0.0290. The van der Waals surface area contributed by atoms with Crippen LogP contribution in [-0.2, 0) is 17.8 Å². The number of aromatic nitrogens is 4. The van der Waals surface area contributed by atoms with Crippen LogP contribution in [0.15, 0.2) is 12.3 Å². The van der Waals surface area contributed by atoms with Gasteiger partial charge in [-0.15, -0.1) is 0 Å². The van der Waals surface area contributed by atoms with Gasteiger partial charge in [0.05, 0.1) is 17.4 Å². The summed E-state index contributed by atoms with van der Waals surface area (Å²) in [7, 11) is 2.05. The number of carbonyl (C=O) groups excluding carboxylic acids is 1. The number of ether oxygens (including phenoxy) is 1. The van der Waals surface area contributed by atoms with E-state index in [4.69, 9.17) is 32.9 Å². The Morgan fingerprint density at radius 3 is 2.80 bits per heavy atom. The second-order valence-corrected chi connectivity index (χ2v) is 12.0. The summed E-state index contributed by atoms with van der Waals surface area (Å²) < 4.78 is 46.2. The normalized spacial score (nSPS) is 22.7. The molecule has 234 valence electrons. The number of halogens is 4. The van der Waals surface area contributed by atoms with E-state index >= 15 is 0 Å². The molecule has 11 nitrogen and oxygen atoms in total. The van der Waals surface area contributed by atoms with E-state index in [0.29, 0.717) is 30.4 Å². The van der Waals surface area contributed by atoms with E-state index in [-0.39, 0.29) is 44.3 Å². The van der Waals surface area contributed by atoms with Crippen LogP contribution in [-0.4, -0.2) is 101 Å². The summed E-state index contributed by atoms with van der Waals surface area (Å²) in [6.07, 6.45) is -0.713. The summed E-state index contributed by atoms with van der Waals surface area (Å²) >= 11 is 6.84. The number of piperazine rings is 1. The first-order chi connectivity index (χ1) is 21.0. The number of alkyl halides is 3. The summed E-state index contributed by atoms with van der Waals surface area (Å²) in [4.78, 5) is 30.0. The zero-order chi connectivity index (χ0) is 31.2. The topological polar surface area (TPSA) is 107 Å². The number of H-pyrrole nitrogens is 1. The Bertz CT molecular complexity index is 1610. The Balaban J connectivity index is 1.34. The number of amides is 1. The fourth-order valence-corrected chi connectivity index (χ4v) is 6.83. The van der Waals surface area contributed by atoms with Crippen molar-refractivity contribution < 1.29 is 22.7 Å². The molecule has 3 aromatic rings. The van der Waals surface area contributed by atoms with Gasteiger partial charge in [-0.25, -0.2) is 6.57 Å². The maximum absolute atomic E-state index is 13.3. The van der Waals surface area contributed by atoms with Crippen molar-refractivity contribution in [3.63, 3.8) is 0 Å². The number of nitrogens with zero attached hydrogens (tertiary/aromatic N) is 7. The molecule has 2 N–H and O–H groups in total. The lowest BCUT2D eigenvalue weighted by atomic mass is 9.92. The van der Waals surface area contributed by atoms with Crippen LogP contribution in [0.3, 0.4) is 0 Å². The lowest BCUT2D eigenvalue weighted by Gasteiger charge is -2.41. The number of carbonyl (C=O) groups is 1. The molecule has 3 aliphatic rings. The summed E-state index contributed by atoms with van der Waals surface area (Å²) in [5.41, 5.74) is 4.25. The van der Waals surface area contributed by atoms with E-state index in [9.17, 15) is 18.0 Å². The number of likely N-dealkylation sites (N-methyl/N-ethyl adjacent to an activating group) is 1. The molecule has 0 bridgehead atoms. The smallest absolute Gasteiger partial charge is 0.462 e. The fourth-order valence-electron chi connectivity index (χ4n) is 6.54. The number of aryl methyl sites for hydroxylation is 1. The zero-order valence-corrected chi connectivity index (χ0v) is 25.2. The number of fused-ring (bicyclic) bond motifs is 2. The molecule has 2 saturated heterocycles. The molecular formula is C29H33ClF3N9O2. The van der Waals surface area contributed by atoms with Crippen molar-refractivity contribution in [2.75, 3.05) is 51.3 Å². The number of anilines is 1. The van der Waals surface area contributed by atoms with Crippen LogP contribution in [0.2, 0.25) is 5.02 Å². The number of hydrogen-bond donors (Lipinski definition) is 2. The molecular weight excluding hydrogens is 599 g/mol. The van der Waals surface area contributed by atoms with Crippen molar-refractivity contribution in [1.82, 2.24) is 35.3 Å². The van der Waals surface area contributed by atoms with E-state index in [0.717, 1.165) is 57.6 Å². The predicted octanol–water partition coefficient (Wildman–Crippen LogP) is 3.67. The highest BCUT2D eigenvalue weighted by Crippen LogP contribution is 2.39. The third-order valence-electron chi connectivity index (χ3n) is 8.89. The number of rotatable bonds is 6. The van der Waals surface area contributed by atoms with E-state index < -0.39 is 18.1 Å². The third kappa shape index (κ3) is 5.76. The van der Waals surface area contributed by atoms with Crippen molar-refractivity contribution >= 4 is 34.2 Å². The van der Waals surface area contributed by atoms with Gasteiger partial charge in [-0.1, -0.05) is 11.6 Å². The fraction of sp³-hybridized carbons (Fsp3) is 0.552. The van der Waals surface area contributed by atoms with Gasteiger partial charge in [0.2, 0.25) is 6.54 Å². The molecule has 1 aromatic carbocycles. The largest absolute Gasteiger partial charge is 0.471 e. The van der Waals surface area contributed by atoms with Gasteiger partial charge in [-0.3, -0.25) is 9.89 Å². The first kappa shape index (κ1) is 30.4. The Kier molecular flexibility index (Phi) is 8.29. The van der Waals surface area contributed by atoms with Crippen LogP contribution < -0.4 is 15.0 Å². The van der Waals surface area contributed by atoms with Crippen LogP contribution >= 0.6 is 11.6 Å². The number of aromatic amines is 1. The van der Waals surface area contributed by atoms with Crippen molar-refractivity contribution in [3.8, 4) is 6.01 Å². The molecule has 1 amide bonds. The highest BCUT2D eigenvalue weighted by atomic mass is 35.5. The van der Waals surface area contributed by atoms with E-state index in [1.165, 1.54) is 0 Å². The maximum atomic E-state index is 13.3. The SMILES string of the molecule is [C-]#[N+]C[C@H]1CN(c2nc(OC[C@@H]3CCCN3C)nc3c2CNC(c2c(Cl)c(C)cc4[nH]ncc24)C3)CCN1C(=O)C(F)(F)F. The average Bonchev–Trinajstić information content (AvgIpc) is 3.63. The van der Waals surface area contributed by atoms with Crippen LogP contribution in [0.25, 0.3) is 15.7 Å². The number of likely N-dealkylation sites (tertiary alicyclic amines) is 1. The van der Waals surface area contributed by atoms with Crippen LogP contribution in [0.4, 0.5) is 19.0 Å². The molecule has 0 spiro atoms. The Hall–Kier alpha value is -3.67. The average molecular weight is 632 g/mol. The molecule has 15 heteroatoms. The monoisotopic (exact) mass is 631 g/mol. The number of nitrogens with one attached hydrogen (secondary N) is 2. The summed E-state index contributed by atoms with van der Waals surface area (Å²) in [6, 6.07) is 1.25. The van der Waals surface area contributed by atoms with Gasteiger partial charge in [0.1, 0.15) is 18.5 Å². The first-order valence-corrected chi connectivity index (χ1v) is 15.0. The molecule has 44 heavy (non-hydrogen) atoms. The lowest BCUT2D eigenvalue weighted by Crippen LogP contribution is -2.59. The van der Waals surface area contributed by atoms with E-state index in [2.05, 4.69) is 32.3 Å². The zero-order valence-electron chi connectivity index (χ0n) is 24.4. The lowest BCUT2D eigenvalue weighted by molar-refractivity contribution is -0.187. The van der Waals surface area contributed by atoms with Gasteiger partial charge in [-0.05, 0) is 50.6 Å². The Labute approximate surface area is 257 Å². The summed E-state index contributed by atoms with van der Waals surface area (Å²) in [5.74, 6) is -1.39. The standard InChI is InChI=1S/C29H33ClF3N9O2/c1-16-9-22-19(13-36-39-22)24(25(16)30)23-10-21-20(12-35-23)26(38-28(37-21)44-15-17-5-4-6-40(17)3)41-7-8-42(18(14-41)11-34-2)27(43)29(31,32)33/h9,13,17-18,23,35H,4-8,10-12,14-15H2,1,3H3,(H,36,39)/t17-,18-,23?/m0/s1. The molecule has 0 aliphatic carbocycles. The number of benzene rings is 1. The predicted molar refractivity (Wildman–Crippen MR) is 158 cm³/mol. The summed E-state index contributed by atoms with van der Waals surface area (Å²) in [6.45, 7) is 10.7. The minimum Gasteiger partial charge on any atom is -0.462 e. The van der Waals surface area contributed by atoms with Gasteiger partial charge >= 0.3 is 18.1 Å². The summed E-state index contributed by atoms with van der Waals surface area (Å²) in [5, 5.41) is 12.3. The van der Waals surface area contributed by atoms with Gasteiger partial charge in [-0.2, -0.15) is 28.2 Å². The van der Waals surface area contributed by atoms with Crippen LogP contribution in [0.5, 0.6) is 6.01 Å². The van der Waals surface area contributed by atoms with Crippen molar-refractivity contribution in [2.45, 2.75) is 57.0 Å². The molecule has 0 saturated carbocycles. The molecule has 5 heterocycles. The Morgan fingerprint density at radius 1 is 1.25 bits per heavy atom. The second kappa shape index (κ2) is 12.0. The van der Waals surface area contributed by atoms with Crippen molar-refractivity contribution in [1.29, 1.82) is 0 Å². The van der Waals surface area contributed by atoms with E-state index in [1.54, 1.807) is 6.20 Å². The highest BCUT2D eigenvalue weighted by molar-refractivity contribution is 6.33. The number of hydrogen-bond acceptors (Lipinski definition) is 8. The second-order valence-electron chi connectivity index (χ2n) is 11.7. The minimum atomic E-state index is -5.01. The van der Waals surface area contributed by atoms with Gasteiger partial charge < -0.3 is 29.6 Å². The molecule has 2 aromatic heterocycles. The molecule has 2 fully saturated rings. The van der Waals surface area contributed by atoms with Gasteiger partial charge in [0.25, 0.3) is 0 Å². The highest BCUT2D eigenvalue weighted by Gasteiger charge is 2.47. The van der Waals surface area contributed by atoms with Crippen molar-refractivity contribution in [3.05, 3.63) is 51.1 Å². The maximum Gasteiger partial charge on any atom is 0.471 e. The quantitative estimate of drug-likeness (QED) is 0.397. The van der Waals surface area contributed by atoms with Crippen LogP contribution in [0.1, 0.15) is 41.3 Å². The molecule has 0 radical (unpaired) electrons. The first-order valence-electron chi connectivity index (χ1n) is 14.6. The molecule has 6 rings (SSSR count). The van der Waals surface area contributed by atoms with Gasteiger partial charge in [0, 0.05) is 60.7 Å². The van der Waals surface area contributed by atoms with E-state index in [1.807, 2.05) is 17.9 Å². The molecule has 3 atom stereocenters. The molecule has 3 aliphatic heterocycles. The van der Waals surface area contributed by atoms with Crippen molar-refractivity contribution in [2.24, 2.45) is 0 Å². The molecule has 1 unspecified atom stereocenters. The Morgan fingerprint density at radius 2 is 2.07 bits per heavy atom. The van der Waals surface area contributed by atoms with Gasteiger partial charge in [0.15, 0.2) is 0 Å². The van der Waals surface area contributed by atoms with Crippen LogP contribution in [0, 0.1) is 13.5 Å². The third-order valence-corrected chi connectivity index (χ3v) is 9.39.